The van der Waals surface area contributed by atoms with Gasteiger partial charge < -0.3 is 114 Å². The number of phenolic OH excluding ortho intramolecular Hbond substituents is 1. The van der Waals surface area contributed by atoms with Crippen molar-refractivity contribution in [1.82, 2.24) is 82.7 Å². The topological polar surface area (TPSA) is 674 Å². The van der Waals surface area contributed by atoms with E-state index in [0.29, 0.717) is 49.7 Å². The van der Waals surface area contributed by atoms with E-state index < -0.39 is 213 Å². The number of hydrogen-bond acceptors (Lipinski definition) is 28. The molecule has 2 saturated heterocycles. The Morgan fingerprint density at radius 3 is 1.49 bits per heavy atom. The molecule has 2 fully saturated rings. The molecule has 11 amide bonds. The highest BCUT2D eigenvalue weighted by atomic mass is 16.7. The minimum atomic E-state index is -1.75. The molecule has 2 unspecified atom stereocenters. The van der Waals surface area contributed by atoms with Gasteiger partial charge in [-0.1, -0.05) is 69.2 Å². The number of pyridine rings is 1. The van der Waals surface area contributed by atoms with Crippen molar-refractivity contribution >= 4 is 113 Å². The molecule has 11 atom stereocenters. The van der Waals surface area contributed by atoms with Crippen LogP contribution in [0.3, 0.4) is 0 Å². The molecule has 1 aromatic heterocycles. The molecule has 46 nitrogen and oxygen atoms in total. The summed E-state index contributed by atoms with van der Waals surface area (Å²) in [6.45, 7) is 5.94. The summed E-state index contributed by atoms with van der Waals surface area (Å²) in [5.74, 6) is -17.9. The van der Waals surface area contributed by atoms with Crippen LogP contribution in [0, 0.1) is 12.8 Å². The first-order valence-electron chi connectivity index (χ1n) is 45.5. The minimum Gasteiger partial charge on any atom is -0.508 e. The van der Waals surface area contributed by atoms with Crippen LogP contribution in [-0.4, -0.2) is 353 Å². The van der Waals surface area contributed by atoms with Gasteiger partial charge in [-0.05, 0) is 151 Å². The van der Waals surface area contributed by atoms with Crippen LogP contribution in [0.5, 0.6) is 5.75 Å². The number of aliphatic hydroxyl groups is 1. The maximum absolute atomic E-state index is 14.6. The van der Waals surface area contributed by atoms with Gasteiger partial charge in [0.25, 0.3) is 5.91 Å². The molecule has 46 heteroatoms. The fourth-order valence-electron chi connectivity index (χ4n) is 15.2. The summed E-state index contributed by atoms with van der Waals surface area (Å²) in [5, 5.41) is 116. The number of rotatable bonds is 59. The first-order valence-corrected chi connectivity index (χ1v) is 45.5. The highest BCUT2D eigenvalue weighted by Gasteiger charge is 2.40. The van der Waals surface area contributed by atoms with Gasteiger partial charge in [0.2, 0.25) is 53.5 Å². The Morgan fingerprint density at radius 2 is 0.971 bits per heavy atom. The summed E-state index contributed by atoms with van der Waals surface area (Å²) in [6, 6.07) is 0.918. The molecule has 0 spiro atoms. The second kappa shape index (κ2) is 60.3. The normalized spacial score (nSPS) is 16.2. The Labute approximate surface area is 786 Å². The van der Waals surface area contributed by atoms with Gasteiger partial charge in [0.15, 0.2) is 0 Å². The third-order valence-electron chi connectivity index (χ3n) is 22.6. The van der Waals surface area contributed by atoms with Gasteiger partial charge in [0.1, 0.15) is 66.2 Å². The molecule has 0 saturated carbocycles. The van der Waals surface area contributed by atoms with E-state index in [0.717, 1.165) is 12.5 Å². The molecule has 0 bridgehead atoms. The molecular weight excluding hydrogens is 1790 g/mol. The number of carboxylic acids is 7. The first-order chi connectivity index (χ1) is 64.6. The predicted molar refractivity (Wildman–Crippen MR) is 482 cm³/mol. The van der Waals surface area contributed by atoms with E-state index in [2.05, 4.69) is 58.2 Å². The molecular formula is C90H132N16O30. The minimum absolute atomic E-state index is 0.0181. The number of phenols is 1. The maximum Gasteiger partial charge on any atom is 0.331 e. The summed E-state index contributed by atoms with van der Waals surface area (Å²) in [4.78, 5) is 258. The van der Waals surface area contributed by atoms with E-state index in [1.165, 1.54) is 63.2 Å². The number of urea groups is 1. The maximum atomic E-state index is 14.6. The largest absolute Gasteiger partial charge is 0.508 e. The lowest BCUT2D eigenvalue weighted by Crippen LogP contribution is -2.58. The van der Waals surface area contributed by atoms with Crippen LogP contribution >= 0.6 is 0 Å². The van der Waals surface area contributed by atoms with Crippen molar-refractivity contribution in [2.45, 2.75) is 243 Å². The van der Waals surface area contributed by atoms with Gasteiger partial charge in [-0.2, -0.15) is 0 Å². The first kappa shape index (κ1) is 113. The zero-order chi connectivity index (χ0) is 101. The predicted octanol–water partition coefficient (Wildman–Crippen LogP) is -0.332. The monoisotopic (exact) mass is 1920 g/mol. The number of nitrogens with one attached hydrogen (secondary N) is 10. The summed E-state index contributed by atoms with van der Waals surface area (Å²) in [5.41, 5.74) is 1.89. The molecule has 2 aliphatic heterocycles. The number of carbonyl (C=O) groups excluding carboxylic acids is 12. The molecule has 2 aromatic carbocycles. The lowest BCUT2D eigenvalue weighted by molar-refractivity contribution is -0.187. The van der Waals surface area contributed by atoms with Crippen LogP contribution in [0.25, 0.3) is 0 Å². The van der Waals surface area contributed by atoms with Crippen LogP contribution in [0.2, 0.25) is 0 Å². The van der Waals surface area contributed by atoms with Crippen LogP contribution in [0.15, 0.2) is 73.1 Å². The number of likely N-dealkylation sites (tertiary alicyclic amines) is 1. The van der Waals surface area contributed by atoms with Gasteiger partial charge in [0.05, 0.1) is 26.2 Å². The van der Waals surface area contributed by atoms with Crippen LogP contribution in [-0.2, 0) is 104 Å². The average molecular weight is 1920 g/mol. The fourth-order valence-corrected chi connectivity index (χ4v) is 15.2. The van der Waals surface area contributed by atoms with E-state index in [1.54, 1.807) is 62.1 Å². The number of carbonyl (C=O) groups is 19. The van der Waals surface area contributed by atoms with Crippen LogP contribution in [0.1, 0.15) is 183 Å². The van der Waals surface area contributed by atoms with Crippen molar-refractivity contribution < 1.29 is 147 Å². The quantitative estimate of drug-likeness (QED) is 0.0195. The molecule has 136 heavy (non-hydrogen) atoms. The number of aromatic hydroxyl groups is 1. The molecule has 0 aliphatic carbocycles. The lowest BCUT2D eigenvalue weighted by atomic mass is 10.00. The Kier molecular flexibility index (Phi) is 50.3. The van der Waals surface area contributed by atoms with Crippen molar-refractivity contribution in [3.63, 3.8) is 0 Å². The number of amides is 11. The number of esters is 2. The summed E-state index contributed by atoms with van der Waals surface area (Å²) >= 11 is 0. The third-order valence-corrected chi connectivity index (χ3v) is 22.6. The second-order valence-electron chi connectivity index (χ2n) is 34.0. The summed E-state index contributed by atoms with van der Waals surface area (Å²) < 4.78 is 10.4. The van der Waals surface area contributed by atoms with Crippen LogP contribution in [0.4, 0.5) is 4.79 Å². The number of nitrogens with zero attached hydrogens (tertiary/aromatic N) is 6. The fraction of sp³-hybridized carbons (Fsp3) is 0.600. The third kappa shape index (κ3) is 43.5. The van der Waals surface area contributed by atoms with Crippen molar-refractivity contribution in [3.8, 4) is 5.75 Å². The van der Waals surface area contributed by atoms with Gasteiger partial charge in [-0.25, -0.2) is 24.0 Å². The van der Waals surface area contributed by atoms with Crippen molar-refractivity contribution in [2.24, 2.45) is 5.92 Å². The Bertz CT molecular complexity index is 4460. The molecule has 2 aliphatic rings. The molecule has 3 heterocycles. The van der Waals surface area contributed by atoms with E-state index >= 15 is 0 Å². The summed E-state index contributed by atoms with van der Waals surface area (Å²) in [6.07, 6.45) is 2.82. The Hall–Kier alpha value is -13.1. The molecule has 3 aromatic rings. The molecule has 19 N–H and O–H groups in total. The van der Waals surface area contributed by atoms with E-state index in [1.807, 2.05) is 0 Å². The Balaban J connectivity index is 1.01. The second-order valence-corrected chi connectivity index (χ2v) is 34.0. The SMILES string of the molecule is Cc1cc(C[C@@H](NC(=O)CC[C@@H](C(=O)O)N2CCN(CC(=O)O)CCN(CC(=O)O)CCN(CC(=O)O)CC2)C(=O)N[C@H](CCc2ccccc2)C(=O)NC(CCCCNC(=O)CCCCCCC(=O)NCCCC[C@H](NC(=O)N[C@@H](CCC(=O)OC(C)OC(=O)[C@H](CC(C)C)NC(=O)[C@H](CO)NC(=O)[C@@H]2CCCN2C(=O)[C@@H](C)NC(=O)c2ccncc2)C(=O)O)C(=O)O)C(=O)O)ccc1O. The highest BCUT2D eigenvalue weighted by molar-refractivity contribution is 5.99. The number of benzene rings is 2. The van der Waals surface area contributed by atoms with Crippen molar-refractivity contribution in [2.75, 3.05) is 98.2 Å². The molecule has 0 radical (unpaired) electrons. The zero-order valence-corrected chi connectivity index (χ0v) is 77.3. The van der Waals surface area contributed by atoms with E-state index in [9.17, 15) is 137 Å². The van der Waals surface area contributed by atoms with E-state index in [4.69, 9.17) is 9.47 Å². The highest BCUT2D eigenvalue weighted by Crippen LogP contribution is 2.23. The lowest BCUT2D eigenvalue weighted by Gasteiger charge is -2.35. The van der Waals surface area contributed by atoms with Crippen molar-refractivity contribution in [3.05, 3.63) is 95.3 Å². The molecule has 752 valence electrons. The average Bonchev–Trinajstić information content (AvgIpc) is 1.64. The number of aliphatic hydroxyl groups excluding tert-OH is 1. The zero-order valence-electron chi connectivity index (χ0n) is 77.3. The standard InChI is InChI=1S/C90H132N16O30/c1-55(2)48-67(98-82(122)68(54-107)99-83(123)69-22-17-39-106(69)84(124)57(4)94-79(119)61-33-37-91-38-34-61)89(133)136-58(5)135-78(118)32-28-65(87(129)130)101-90(134)100-64(86(127)128)21-14-16-36-93-73(110)24-12-7-6-11-23-72(109)92-35-15-13-20-63(85(125)126)97-80(120)62(27-25-59-18-9-8-10-19-59)96-81(121)66(50-60-26-30-71(108)56(3)49-60)95-74(111)31-29-70(88(131)132)105-46-44-103(52-76(114)115)42-40-102(51-75(112)113)41-43-104(45-47-105)53-77(116)117/h8-10,18-19,26,30,33-34,37-38,49,55,57-58,62-70,107-108H,6-7,11-17,20-25,27-29,31-32,35-36,39-48,50-54H2,1-5H3,(H,92,109)(H,93,110)(H,94,119)(H,95,111)(H,96,121)(H,97,120)(H,98,122)(H,99,123)(H,112,113)(H,114,115)(H,116,117)(H,125,126)(H,127,128)(H,129,130)(H,131,132)(H2,100,101,134)/t57-,58?,62-,63?,64+,65+,66-,67+,68+,69+,70+/m1/s1. The van der Waals surface area contributed by atoms with Crippen molar-refractivity contribution in [1.29, 1.82) is 0 Å². The Morgan fingerprint density at radius 1 is 0.463 bits per heavy atom. The number of unbranched alkanes of at least 4 members (excludes halogenated alkanes) is 5. The van der Waals surface area contributed by atoms with E-state index in [-0.39, 0.29) is 185 Å². The number of aromatic nitrogens is 1. The number of aryl methyl sites for hydroxylation is 2. The number of aliphatic carboxylic acids is 7. The number of ether oxygens (including phenoxy) is 2. The van der Waals surface area contributed by atoms with Gasteiger partial charge in [-0.3, -0.25) is 91.7 Å². The smallest absolute Gasteiger partial charge is 0.331 e. The number of carboxylic acid groups (broad SMARTS) is 7. The summed E-state index contributed by atoms with van der Waals surface area (Å²) in [7, 11) is 0. The van der Waals surface area contributed by atoms with Crippen LogP contribution < -0.4 is 53.2 Å². The van der Waals surface area contributed by atoms with Gasteiger partial charge in [-0.15, -0.1) is 0 Å². The number of hydrogen-bond donors (Lipinski definition) is 19. The molecule has 5 rings (SSSR count). The van der Waals surface area contributed by atoms with Gasteiger partial charge in [0, 0.05) is 129 Å². The van der Waals surface area contributed by atoms with Gasteiger partial charge >= 0.3 is 59.8 Å².